The van der Waals surface area contributed by atoms with Crippen molar-refractivity contribution >= 4 is 21.9 Å². The van der Waals surface area contributed by atoms with Crippen LogP contribution in [0.1, 0.15) is 16.2 Å². The van der Waals surface area contributed by atoms with Gasteiger partial charge in [-0.2, -0.15) is 0 Å². The molecule has 0 spiro atoms. The summed E-state index contributed by atoms with van der Waals surface area (Å²) in [6, 6.07) is 1.65. The van der Waals surface area contributed by atoms with Gasteiger partial charge in [-0.1, -0.05) is 0 Å². The van der Waals surface area contributed by atoms with E-state index in [1.54, 1.807) is 13.0 Å². The molecule has 0 saturated heterocycles. The Balaban J connectivity index is 2.46. The van der Waals surface area contributed by atoms with E-state index in [0.717, 1.165) is 0 Å². The Morgan fingerprint density at radius 1 is 1.60 bits per heavy atom. The van der Waals surface area contributed by atoms with Crippen molar-refractivity contribution in [2.24, 2.45) is 0 Å². The summed E-state index contributed by atoms with van der Waals surface area (Å²) in [6.07, 6.45) is 1.43. The van der Waals surface area contributed by atoms with Crippen molar-refractivity contribution in [1.29, 1.82) is 0 Å². The van der Waals surface area contributed by atoms with Gasteiger partial charge in [-0.15, -0.1) is 0 Å². The number of aromatic nitrogens is 1. The van der Waals surface area contributed by atoms with E-state index in [-0.39, 0.29) is 17.3 Å². The summed E-state index contributed by atoms with van der Waals surface area (Å²) in [5.41, 5.74) is 0.514. The molecule has 6 heteroatoms. The van der Waals surface area contributed by atoms with E-state index < -0.39 is 5.97 Å². The maximum absolute atomic E-state index is 10.7. The van der Waals surface area contributed by atoms with Crippen LogP contribution >= 0.6 is 15.9 Å². The lowest BCUT2D eigenvalue weighted by Gasteiger charge is -1.83. The molecule has 0 fully saturated rings. The number of carboxylic acid groups (broad SMARTS) is 1. The predicted molar refractivity (Wildman–Crippen MR) is 53.6 cm³/mol. The Labute approximate surface area is 92.8 Å². The van der Waals surface area contributed by atoms with Gasteiger partial charge in [-0.05, 0) is 22.9 Å². The van der Waals surface area contributed by atoms with Crippen LogP contribution in [0, 0.1) is 6.92 Å². The Bertz CT molecular complexity index is 514. The first kappa shape index (κ1) is 9.97. The molecule has 0 saturated carbocycles. The van der Waals surface area contributed by atoms with E-state index in [1.165, 1.54) is 6.26 Å². The number of halogens is 1. The van der Waals surface area contributed by atoms with Gasteiger partial charge in [0, 0.05) is 6.07 Å². The Morgan fingerprint density at radius 3 is 2.80 bits per heavy atom. The molecule has 15 heavy (non-hydrogen) atoms. The second kappa shape index (κ2) is 3.54. The third kappa shape index (κ3) is 1.80. The van der Waals surface area contributed by atoms with E-state index in [2.05, 4.69) is 20.9 Å². The quantitative estimate of drug-likeness (QED) is 0.909. The molecule has 0 aromatic carbocycles. The van der Waals surface area contributed by atoms with Gasteiger partial charge >= 0.3 is 5.97 Å². The zero-order valence-corrected chi connectivity index (χ0v) is 9.24. The summed E-state index contributed by atoms with van der Waals surface area (Å²) in [5.74, 6) is -0.598. The molecule has 0 aliphatic rings. The predicted octanol–water partition coefficient (Wildman–Crippen LogP) is 2.70. The molecule has 0 unspecified atom stereocenters. The maximum atomic E-state index is 10.7. The standard InChI is InChI=1S/C9H6BrNO4/c1-4-7(9(12)13)11-8(15-4)5-2-6(10)14-3-5/h2-3H,1H3,(H,12,13). The Hall–Kier alpha value is -1.56. The lowest BCUT2D eigenvalue weighted by atomic mass is 10.3. The number of rotatable bonds is 2. The van der Waals surface area contributed by atoms with E-state index in [4.69, 9.17) is 13.9 Å². The molecular formula is C9H6BrNO4. The van der Waals surface area contributed by atoms with Crippen molar-refractivity contribution in [3.05, 3.63) is 28.5 Å². The van der Waals surface area contributed by atoms with Crippen molar-refractivity contribution in [2.75, 3.05) is 0 Å². The van der Waals surface area contributed by atoms with Crippen LogP contribution in [0.3, 0.4) is 0 Å². The van der Waals surface area contributed by atoms with Crippen LogP contribution in [0.15, 0.2) is 25.8 Å². The lowest BCUT2D eigenvalue weighted by Crippen LogP contribution is -1.98. The third-order valence-electron chi connectivity index (χ3n) is 1.81. The largest absolute Gasteiger partial charge is 0.476 e. The zero-order chi connectivity index (χ0) is 11.0. The molecular weight excluding hydrogens is 266 g/mol. The minimum atomic E-state index is -1.11. The topological polar surface area (TPSA) is 76.5 Å². The van der Waals surface area contributed by atoms with E-state index >= 15 is 0 Å². The van der Waals surface area contributed by atoms with Crippen molar-refractivity contribution in [3.63, 3.8) is 0 Å². The highest BCUT2D eigenvalue weighted by Gasteiger charge is 2.17. The van der Waals surface area contributed by atoms with Gasteiger partial charge in [0.05, 0.1) is 5.56 Å². The van der Waals surface area contributed by atoms with E-state index in [9.17, 15) is 4.79 Å². The summed E-state index contributed by atoms with van der Waals surface area (Å²) in [6.45, 7) is 1.55. The summed E-state index contributed by atoms with van der Waals surface area (Å²) in [7, 11) is 0. The summed E-state index contributed by atoms with van der Waals surface area (Å²) in [5, 5.41) is 8.78. The van der Waals surface area contributed by atoms with Crippen LogP contribution in [0.2, 0.25) is 0 Å². The molecule has 0 bridgehead atoms. The molecule has 78 valence electrons. The number of aryl methyl sites for hydroxylation is 1. The number of aromatic carboxylic acids is 1. The summed E-state index contributed by atoms with van der Waals surface area (Å²) >= 11 is 3.13. The molecule has 0 atom stereocenters. The van der Waals surface area contributed by atoms with Gasteiger partial charge in [0.15, 0.2) is 10.4 Å². The van der Waals surface area contributed by atoms with Gasteiger partial charge in [0.2, 0.25) is 5.89 Å². The average Bonchev–Trinajstić information content (AvgIpc) is 2.71. The molecule has 2 aromatic rings. The van der Waals surface area contributed by atoms with Crippen LogP contribution in [-0.4, -0.2) is 16.1 Å². The van der Waals surface area contributed by atoms with E-state index in [1.807, 2.05) is 0 Å². The van der Waals surface area contributed by atoms with E-state index in [0.29, 0.717) is 10.2 Å². The summed E-state index contributed by atoms with van der Waals surface area (Å²) < 4.78 is 10.7. The zero-order valence-electron chi connectivity index (χ0n) is 7.65. The fourth-order valence-electron chi connectivity index (χ4n) is 1.14. The van der Waals surface area contributed by atoms with Crippen LogP contribution in [0.4, 0.5) is 0 Å². The number of carboxylic acids is 1. The molecule has 0 aliphatic heterocycles. The minimum absolute atomic E-state index is 0.0812. The first-order valence-corrected chi connectivity index (χ1v) is 4.82. The number of nitrogens with zero attached hydrogens (tertiary/aromatic N) is 1. The van der Waals surface area contributed by atoms with Crippen molar-refractivity contribution in [2.45, 2.75) is 6.92 Å². The third-order valence-corrected chi connectivity index (χ3v) is 2.23. The minimum Gasteiger partial charge on any atom is -0.476 e. The molecule has 0 amide bonds. The molecule has 2 aromatic heterocycles. The molecule has 5 nitrogen and oxygen atoms in total. The monoisotopic (exact) mass is 271 g/mol. The maximum Gasteiger partial charge on any atom is 0.358 e. The van der Waals surface area contributed by atoms with Crippen molar-refractivity contribution < 1.29 is 18.7 Å². The second-order valence-corrected chi connectivity index (χ2v) is 3.65. The van der Waals surface area contributed by atoms with Gasteiger partial charge in [-0.3, -0.25) is 0 Å². The summed E-state index contributed by atoms with van der Waals surface area (Å²) in [4.78, 5) is 14.6. The van der Waals surface area contributed by atoms with Crippen molar-refractivity contribution in [3.8, 4) is 11.5 Å². The highest BCUT2D eigenvalue weighted by Crippen LogP contribution is 2.25. The fourth-order valence-corrected chi connectivity index (χ4v) is 1.48. The lowest BCUT2D eigenvalue weighted by molar-refractivity contribution is 0.0689. The van der Waals surface area contributed by atoms with Crippen LogP contribution < -0.4 is 0 Å². The average molecular weight is 272 g/mol. The molecule has 0 aliphatic carbocycles. The number of hydrogen-bond donors (Lipinski definition) is 1. The Kier molecular flexibility index (Phi) is 2.36. The molecule has 0 radical (unpaired) electrons. The molecule has 2 heterocycles. The number of furan rings is 1. The van der Waals surface area contributed by atoms with Gasteiger partial charge in [-0.25, -0.2) is 9.78 Å². The van der Waals surface area contributed by atoms with Gasteiger partial charge in [0.25, 0.3) is 0 Å². The smallest absolute Gasteiger partial charge is 0.358 e. The Morgan fingerprint density at radius 2 is 2.33 bits per heavy atom. The van der Waals surface area contributed by atoms with Gasteiger partial charge in [0.1, 0.15) is 12.0 Å². The second-order valence-electron chi connectivity index (χ2n) is 2.87. The number of oxazole rings is 1. The normalized spacial score (nSPS) is 10.5. The molecule has 1 N–H and O–H groups in total. The first-order valence-electron chi connectivity index (χ1n) is 4.03. The first-order chi connectivity index (χ1) is 7.08. The molecule has 2 rings (SSSR count). The number of carbonyl (C=O) groups is 1. The van der Waals surface area contributed by atoms with Crippen LogP contribution in [0.25, 0.3) is 11.5 Å². The van der Waals surface area contributed by atoms with Crippen LogP contribution in [0.5, 0.6) is 0 Å². The SMILES string of the molecule is Cc1oc(-c2coc(Br)c2)nc1C(=O)O. The van der Waals surface area contributed by atoms with Crippen molar-refractivity contribution in [1.82, 2.24) is 4.98 Å². The highest BCUT2D eigenvalue weighted by atomic mass is 79.9. The number of hydrogen-bond acceptors (Lipinski definition) is 4. The van der Waals surface area contributed by atoms with Crippen LogP contribution in [-0.2, 0) is 0 Å². The van der Waals surface area contributed by atoms with Gasteiger partial charge < -0.3 is 13.9 Å². The fraction of sp³-hybridized carbons (Fsp3) is 0.111. The highest BCUT2D eigenvalue weighted by molar-refractivity contribution is 9.10.